The molecule has 0 aliphatic rings. The Bertz CT molecular complexity index is 691. The molecule has 0 aliphatic heterocycles. The summed E-state index contributed by atoms with van der Waals surface area (Å²) in [5.74, 6) is -0.173. The molecule has 1 aromatic carbocycles. The third-order valence-corrected chi connectivity index (χ3v) is 5.20. The zero-order chi connectivity index (χ0) is 13.9. The lowest BCUT2D eigenvalue weighted by Gasteiger charge is -2.14. The Labute approximate surface area is 125 Å². The maximum Gasteiger partial charge on any atom is 0.124 e. The Balaban J connectivity index is 1.92. The van der Waals surface area contributed by atoms with E-state index in [4.69, 9.17) is 0 Å². The fraction of sp³-hybridized carbons (Fsp3) is 0.267. The molecule has 0 amide bonds. The molecular weight excluding hydrogens is 291 g/mol. The molecule has 3 aromatic rings. The van der Waals surface area contributed by atoms with E-state index in [2.05, 4.69) is 23.3 Å². The number of nitrogens with one attached hydrogen (secondary N) is 1. The average molecular weight is 306 g/mol. The monoisotopic (exact) mass is 306 g/mol. The first-order chi connectivity index (χ1) is 9.76. The molecule has 0 saturated heterocycles. The molecule has 2 aromatic heterocycles. The standard InChI is InChI=1S/C15H15FN2S2/c1-2-18-13(7-12-8-17-9-19-12)15-5-10-3-4-11(16)6-14(10)20-15/h3-6,8-9,13,18H,2,7H2,1H3. The minimum absolute atomic E-state index is 0.173. The highest BCUT2D eigenvalue weighted by atomic mass is 32.1. The summed E-state index contributed by atoms with van der Waals surface area (Å²) in [7, 11) is 0. The first-order valence-corrected chi connectivity index (χ1v) is 8.25. The molecule has 0 fully saturated rings. The van der Waals surface area contributed by atoms with E-state index in [0.29, 0.717) is 0 Å². The molecule has 3 rings (SSSR count). The number of thiazole rings is 1. The molecule has 1 atom stereocenters. The SMILES string of the molecule is CCNC(Cc1cncs1)c1cc2ccc(F)cc2s1. The van der Waals surface area contributed by atoms with Gasteiger partial charge in [0.1, 0.15) is 5.82 Å². The van der Waals surface area contributed by atoms with Crippen LogP contribution in [0.25, 0.3) is 10.1 Å². The summed E-state index contributed by atoms with van der Waals surface area (Å²) in [6, 6.07) is 7.40. The van der Waals surface area contributed by atoms with E-state index in [0.717, 1.165) is 23.1 Å². The van der Waals surface area contributed by atoms with Crippen molar-refractivity contribution in [3.8, 4) is 0 Å². The van der Waals surface area contributed by atoms with Gasteiger partial charge in [-0.1, -0.05) is 13.0 Å². The first-order valence-electron chi connectivity index (χ1n) is 6.56. The third-order valence-electron chi connectivity index (χ3n) is 3.18. The zero-order valence-corrected chi connectivity index (χ0v) is 12.7. The smallest absolute Gasteiger partial charge is 0.124 e. The van der Waals surface area contributed by atoms with Gasteiger partial charge in [-0.15, -0.1) is 22.7 Å². The average Bonchev–Trinajstić information content (AvgIpc) is 3.06. The van der Waals surface area contributed by atoms with Crippen LogP contribution in [0.2, 0.25) is 0 Å². The van der Waals surface area contributed by atoms with Gasteiger partial charge < -0.3 is 5.32 Å². The maximum atomic E-state index is 13.3. The molecule has 0 radical (unpaired) electrons. The van der Waals surface area contributed by atoms with E-state index in [1.165, 1.54) is 15.8 Å². The van der Waals surface area contributed by atoms with Crippen molar-refractivity contribution in [2.45, 2.75) is 19.4 Å². The first kappa shape index (κ1) is 13.7. The van der Waals surface area contributed by atoms with E-state index in [-0.39, 0.29) is 11.9 Å². The minimum Gasteiger partial charge on any atom is -0.309 e. The maximum absolute atomic E-state index is 13.3. The number of thiophene rings is 1. The molecule has 0 aliphatic carbocycles. The second-order valence-corrected chi connectivity index (χ2v) is 6.70. The predicted octanol–water partition coefficient (Wildman–Crippen LogP) is 4.39. The normalized spacial score (nSPS) is 12.9. The van der Waals surface area contributed by atoms with Crippen molar-refractivity contribution in [2.75, 3.05) is 6.54 Å². The molecule has 2 heterocycles. The number of aromatic nitrogens is 1. The molecule has 20 heavy (non-hydrogen) atoms. The van der Waals surface area contributed by atoms with Gasteiger partial charge >= 0.3 is 0 Å². The van der Waals surface area contributed by atoms with Crippen molar-refractivity contribution in [1.82, 2.24) is 10.3 Å². The van der Waals surface area contributed by atoms with Crippen LogP contribution in [-0.2, 0) is 6.42 Å². The van der Waals surface area contributed by atoms with Crippen molar-refractivity contribution in [1.29, 1.82) is 0 Å². The van der Waals surface area contributed by atoms with Gasteiger partial charge in [-0.25, -0.2) is 4.39 Å². The fourth-order valence-electron chi connectivity index (χ4n) is 2.26. The summed E-state index contributed by atoms with van der Waals surface area (Å²) in [5.41, 5.74) is 1.86. The number of halogens is 1. The molecule has 1 N–H and O–H groups in total. The minimum atomic E-state index is -0.173. The highest BCUT2D eigenvalue weighted by Gasteiger charge is 2.15. The van der Waals surface area contributed by atoms with Crippen LogP contribution >= 0.6 is 22.7 Å². The van der Waals surface area contributed by atoms with E-state index in [1.807, 2.05) is 17.8 Å². The Morgan fingerprint density at radius 1 is 1.35 bits per heavy atom. The summed E-state index contributed by atoms with van der Waals surface area (Å²) in [4.78, 5) is 6.64. The third kappa shape index (κ3) is 2.90. The van der Waals surface area contributed by atoms with Gasteiger partial charge in [0.2, 0.25) is 0 Å². The van der Waals surface area contributed by atoms with Gasteiger partial charge in [0.25, 0.3) is 0 Å². The predicted molar refractivity (Wildman–Crippen MR) is 84.0 cm³/mol. The van der Waals surface area contributed by atoms with Gasteiger partial charge in [-0.3, -0.25) is 4.98 Å². The summed E-state index contributed by atoms with van der Waals surface area (Å²) in [5, 5.41) is 4.62. The molecule has 0 saturated carbocycles. The molecule has 104 valence electrons. The number of likely N-dealkylation sites (N-methyl/N-ethyl adjacent to an activating group) is 1. The molecule has 0 bridgehead atoms. The van der Waals surface area contributed by atoms with Crippen LogP contribution in [0.3, 0.4) is 0 Å². The summed E-state index contributed by atoms with van der Waals surface area (Å²) in [6.07, 6.45) is 2.84. The van der Waals surface area contributed by atoms with Crippen LogP contribution in [0, 0.1) is 5.82 Å². The van der Waals surface area contributed by atoms with Gasteiger partial charge in [-0.05, 0) is 30.1 Å². The van der Waals surface area contributed by atoms with Crippen LogP contribution in [-0.4, -0.2) is 11.5 Å². The van der Waals surface area contributed by atoms with Crippen LogP contribution in [0.4, 0.5) is 4.39 Å². The zero-order valence-electron chi connectivity index (χ0n) is 11.1. The Hall–Kier alpha value is -1.30. The molecule has 2 nitrogen and oxygen atoms in total. The molecular formula is C15H15FN2S2. The van der Waals surface area contributed by atoms with E-state index < -0.39 is 0 Å². The van der Waals surface area contributed by atoms with Crippen molar-refractivity contribution in [2.24, 2.45) is 0 Å². The van der Waals surface area contributed by atoms with Crippen molar-refractivity contribution < 1.29 is 4.39 Å². The van der Waals surface area contributed by atoms with Crippen LogP contribution < -0.4 is 5.32 Å². The van der Waals surface area contributed by atoms with Crippen molar-refractivity contribution in [3.63, 3.8) is 0 Å². The fourth-order valence-corrected chi connectivity index (χ4v) is 4.07. The van der Waals surface area contributed by atoms with Gasteiger partial charge in [-0.2, -0.15) is 0 Å². The largest absolute Gasteiger partial charge is 0.309 e. The van der Waals surface area contributed by atoms with Crippen LogP contribution in [0.1, 0.15) is 22.7 Å². The van der Waals surface area contributed by atoms with E-state index in [1.54, 1.807) is 28.7 Å². The van der Waals surface area contributed by atoms with Crippen LogP contribution in [0.5, 0.6) is 0 Å². The van der Waals surface area contributed by atoms with Gasteiger partial charge in [0.05, 0.1) is 5.51 Å². The quantitative estimate of drug-likeness (QED) is 0.756. The number of nitrogens with zero attached hydrogens (tertiary/aromatic N) is 1. The Kier molecular flexibility index (Phi) is 4.10. The lowest BCUT2D eigenvalue weighted by Crippen LogP contribution is -2.21. The number of hydrogen-bond acceptors (Lipinski definition) is 4. The summed E-state index contributed by atoms with van der Waals surface area (Å²) < 4.78 is 14.3. The summed E-state index contributed by atoms with van der Waals surface area (Å²) in [6.45, 7) is 3.01. The Morgan fingerprint density at radius 2 is 2.25 bits per heavy atom. The Morgan fingerprint density at radius 3 is 3.00 bits per heavy atom. The van der Waals surface area contributed by atoms with E-state index >= 15 is 0 Å². The highest BCUT2D eigenvalue weighted by Crippen LogP contribution is 2.32. The van der Waals surface area contributed by atoms with Crippen LogP contribution in [0.15, 0.2) is 36.0 Å². The second kappa shape index (κ2) is 5.99. The molecule has 5 heteroatoms. The molecule has 0 spiro atoms. The van der Waals surface area contributed by atoms with Gasteiger partial charge in [0, 0.05) is 33.1 Å². The van der Waals surface area contributed by atoms with Crippen molar-refractivity contribution >= 4 is 32.8 Å². The number of fused-ring (bicyclic) bond motifs is 1. The van der Waals surface area contributed by atoms with Gasteiger partial charge in [0.15, 0.2) is 0 Å². The lowest BCUT2D eigenvalue weighted by atomic mass is 10.1. The highest BCUT2D eigenvalue weighted by molar-refractivity contribution is 7.19. The lowest BCUT2D eigenvalue weighted by molar-refractivity contribution is 0.561. The van der Waals surface area contributed by atoms with E-state index in [9.17, 15) is 4.39 Å². The number of hydrogen-bond donors (Lipinski definition) is 1. The van der Waals surface area contributed by atoms with Crippen molar-refractivity contribution in [3.05, 3.63) is 51.5 Å². The summed E-state index contributed by atoms with van der Waals surface area (Å²) >= 11 is 3.34. The topological polar surface area (TPSA) is 24.9 Å². The number of rotatable bonds is 5. The molecule has 1 unspecified atom stereocenters. The second-order valence-electron chi connectivity index (χ2n) is 4.61. The number of benzene rings is 1.